The van der Waals surface area contributed by atoms with Gasteiger partial charge in [0.1, 0.15) is 11.9 Å². The Balaban J connectivity index is 2.84. The van der Waals surface area contributed by atoms with Gasteiger partial charge in [0.15, 0.2) is 0 Å². The standard InChI is InChI=1S/C7H10O3/c1-4-5(2)9-7(8)10-6(4)3/h5H,1-3H3. The van der Waals surface area contributed by atoms with Crippen LogP contribution in [0.15, 0.2) is 11.3 Å². The third kappa shape index (κ3) is 1.12. The smallest absolute Gasteiger partial charge is 0.426 e. The average molecular weight is 142 g/mol. The molecule has 0 saturated carbocycles. The van der Waals surface area contributed by atoms with E-state index >= 15 is 0 Å². The lowest BCUT2D eigenvalue weighted by Gasteiger charge is -2.20. The average Bonchev–Trinajstić information content (AvgIpc) is 1.82. The van der Waals surface area contributed by atoms with Crippen LogP contribution in [0, 0.1) is 0 Å². The maximum Gasteiger partial charge on any atom is 0.514 e. The maximum absolute atomic E-state index is 10.6. The number of ether oxygens (including phenoxy) is 2. The Morgan fingerprint density at radius 1 is 1.40 bits per heavy atom. The van der Waals surface area contributed by atoms with Gasteiger partial charge in [-0.1, -0.05) is 0 Å². The quantitative estimate of drug-likeness (QED) is 0.484. The second-order valence-corrected chi connectivity index (χ2v) is 2.35. The molecule has 0 N–H and O–H groups in total. The van der Waals surface area contributed by atoms with Crippen molar-refractivity contribution in [1.82, 2.24) is 0 Å². The van der Waals surface area contributed by atoms with Crippen molar-refractivity contribution in [3.05, 3.63) is 11.3 Å². The molecule has 1 heterocycles. The molecule has 0 aromatic rings. The third-order valence-electron chi connectivity index (χ3n) is 1.67. The first kappa shape index (κ1) is 7.12. The van der Waals surface area contributed by atoms with Crippen molar-refractivity contribution in [3.63, 3.8) is 0 Å². The Morgan fingerprint density at radius 2 is 2.00 bits per heavy atom. The summed E-state index contributed by atoms with van der Waals surface area (Å²) in [6, 6.07) is 0. The Bertz CT molecular complexity index is 193. The number of rotatable bonds is 0. The summed E-state index contributed by atoms with van der Waals surface area (Å²) in [4.78, 5) is 10.6. The van der Waals surface area contributed by atoms with Gasteiger partial charge in [-0.25, -0.2) is 4.79 Å². The third-order valence-corrected chi connectivity index (χ3v) is 1.67. The van der Waals surface area contributed by atoms with Crippen molar-refractivity contribution >= 4 is 6.16 Å². The number of carbonyl (C=O) groups excluding carboxylic acids is 1. The van der Waals surface area contributed by atoms with E-state index in [0.29, 0.717) is 5.76 Å². The van der Waals surface area contributed by atoms with Crippen molar-refractivity contribution in [3.8, 4) is 0 Å². The van der Waals surface area contributed by atoms with Gasteiger partial charge in [0.05, 0.1) is 0 Å². The van der Waals surface area contributed by atoms with E-state index in [2.05, 4.69) is 4.74 Å². The first-order valence-corrected chi connectivity index (χ1v) is 3.17. The Labute approximate surface area is 59.6 Å². The van der Waals surface area contributed by atoms with Gasteiger partial charge >= 0.3 is 6.16 Å². The van der Waals surface area contributed by atoms with E-state index in [9.17, 15) is 4.79 Å². The fourth-order valence-electron chi connectivity index (χ4n) is 0.749. The molecule has 0 fully saturated rings. The number of hydrogen-bond donors (Lipinski definition) is 0. The van der Waals surface area contributed by atoms with E-state index in [0.717, 1.165) is 5.57 Å². The van der Waals surface area contributed by atoms with Crippen LogP contribution in [0.3, 0.4) is 0 Å². The predicted octanol–water partition coefficient (Wildman–Crippen LogP) is 1.84. The van der Waals surface area contributed by atoms with Crippen LogP contribution < -0.4 is 0 Å². The number of hydrogen-bond acceptors (Lipinski definition) is 3. The lowest BCUT2D eigenvalue weighted by atomic mass is 10.1. The van der Waals surface area contributed by atoms with Gasteiger partial charge in [-0.05, 0) is 20.8 Å². The first-order valence-electron chi connectivity index (χ1n) is 3.17. The summed E-state index contributed by atoms with van der Waals surface area (Å²) in [5.41, 5.74) is 0.972. The van der Waals surface area contributed by atoms with Crippen LogP contribution in [0.2, 0.25) is 0 Å². The van der Waals surface area contributed by atoms with Gasteiger partial charge in [0.2, 0.25) is 0 Å². The van der Waals surface area contributed by atoms with Gasteiger partial charge in [-0.3, -0.25) is 0 Å². The molecule has 1 unspecified atom stereocenters. The topological polar surface area (TPSA) is 35.5 Å². The van der Waals surface area contributed by atoms with Crippen molar-refractivity contribution in [2.45, 2.75) is 26.9 Å². The normalized spacial score (nSPS) is 25.9. The minimum atomic E-state index is -0.601. The summed E-state index contributed by atoms with van der Waals surface area (Å²) in [6.45, 7) is 5.46. The highest BCUT2D eigenvalue weighted by Gasteiger charge is 2.21. The predicted molar refractivity (Wildman–Crippen MR) is 35.4 cm³/mol. The van der Waals surface area contributed by atoms with Crippen LogP contribution in [-0.2, 0) is 9.47 Å². The highest BCUT2D eigenvalue weighted by Crippen LogP contribution is 2.18. The molecule has 0 bridgehead atoms. The minimum absolute atomic E-state index is 0.138. The highest BCUT2D eigenvalue weighted by molar-refractivity contribution is 5.63. The monoisotopic (exact) mass is 142 g/mol. The van der Waals surface area contributed by atoms with E-state index < -0.39 is 6.16 Å². The molecule has 56 valence electrons. The Hall–Kier alpha value is -0.990. The van der Waals surface area contributed by atoms with Crippen molar-refractivity contribution < 1.29 is 14.3 Å². The summed E-state index contributed by atoms with van der Waals surface area (Å²) in [6.07, 6.45) is -0.739. The molecule has 0 radical (unpaired) electrons. The van der Waals surface area contributed by atoms with Crippen LogP contribution >= 0.6 is 0 Å². The van der Waals surface area contributed by atoms with Crippen LogP contribution in [0.25, 0.3) is 0 Å². The first-order chi connectivity index (χ1) is 4.61. The molecule has 1 aliphatic heterocycles. The molecular formula is C7H10O3. The zero-order chi connectivity index (χ0) is 7.72. The maximum atomic E-state index is 10.6. The summed E-state index contributed by atoms with van der Waals surface area (Å²) < 4.78 is 9.44. The Kier molecular flexibility index (Phi) is 1.66. The molecular weight excluding hydrogens is 132 g/mol. The van der Waals surface area contributed by atoms with Crippen LogP contribution in [0.1, 0.15) is 20.8 Å². The van der Waals surface area contributed by atoms with Gasteiger partial charge in [0.25, 0.3) is 0 Å². The molecule has 0 aliphatic carbocycles. The minimum Gasteiger partial charge on any atom is -0.426 e. The summed E-state index contributed by atoms with van der Waals surface area (Å²) in [5.74, 6) is 0.656. The summed E-state index contributed by atoms with van der Waals surface area (Å²) in [7, 11) is 0. The number of allylic oxidation sites excluding steroid dienone is 1. The second-order valence-electron chi connectivity index (χ2n) is 2.35. The zero-order valence-corrected chi connectivity index (χ0v) is 6.30. The van der Waals surface area contributed by atoms with E-state index in [1.165, 1.54) is 0 Å². The second kappa shape index (κ2) is 2.33. The molecule has 0 aromatic heterocycles. The molecule has 1 atom stereocenters. The summed E-state index contributed by atoms with van der Waals surface area (Å²) in [5, 5.41) is 0. The fraction of sp³-hybridized carbons (Fsp3) is 0.571. The lowest BCUT2D eigenvalue weighted by molar-refractivity contribution is 0.0398. The van der Waals surface area contributed by atoms with Gasteiger partial charge in [-0.15, -0.1) is 0 Å². The van der Waals surface area contributed by atoms with Crippen LogP contribution in [0.5, 0.6) is 0 Å². The van der Waals surface area contributed by atoms with Gasteiger partial charge in [-0.2, -0.15) is 0 Å². The SMILES string of the molecule is CC1=C(C)C(C)OC(=O)O1. The number of cyclic esters (lactones) is 2. The molecule has 1 rings (SSSR count). The summed E-state index contributed by atoms with van der Waals surface area (Å²) >= 11 is 0. The molecule has 0 aromatic carbocycles. The molecule has 0 amide bonds. The van der Waals surface area contributed by atoms with Gasteiger partial charge < -0.3 is 9.47 Å². The van der Waals surface area contributed by atoms with E-state index in [4.69, 9.17) is 4.74 Å². The van der Waals surface area contributed by atoms with E-state index in [1.807, 2.05) is 13.8 Å². The van der Waals surface area contributed by atoms with Crippen molar-refractivity contribution in [2.24, 2.45) is 0 Å². The molecule has 1 aliphatic rings. The molecule has 3 nitrogen and oxygen atoms in total. The zero-order valence-electron chi connectivity index (χ0n) is 6.30. The Morgan fingerprint density at radius 3 is 2.50 bits per heavy atom. The highest BCUT2D eigenvalue weighted by atomic mass is 16.7. The number of carbonyl (C=O) groups is 1. The van der Waals surface area contributed by atoms with Crippen molar-refractivity contribution in [2.75, 3.05) is 0 Å². The molecule has 0 saturated heterocycles. The van der Waals surface area contributed by atoms with E-state index in [-0.39, 0.29) is 6.10 Å². The van der Waals surface area contributed by atoms with Gasteiger partial charge in [0, 0.05) is 5.57 Å². The van der Waals surface area contributed by atoms with E-state index in [1.54, 1.807) is 6.92 Å². The molecule has 10 heavy (non-hydrogen) atoms. The lowest BCUT2D eigenvalue weighted by Crippen LogP contribution is -2.23. The van der Waals surface area contributed by atoms with Crippen LogP contribution in [0.4, 0.5) is 4.79 Å². The molecule has 3 heteroatoms. The van der Waals surface area contributed by atoms with Crippen LogP contribution in [-0.4, -0.2) is 12.3 Å². The molecule has 0 spiro atoms. The fourth-order valence-corrected chi connectivity index (χ4v) is 0.749. The van der Waals surface area contributed by atoms with Crippen molar-refractivity contribution in [1.29, 1.82) is 0 Å². The largest absolute Gasteiger partial charge is 0.514 e.